The van der Waals surface area contributed by atoms with Crippen LogP contribution in [0.3, 0.4) is 0 Å². The van der Waals surface area contributed by atoms with E-state index in [1.165, 1.54) is 11.0 Å². The van der Waals surface area contributed by atoms with E-state index in [9.17, 15) is 18.4 Å². The highest BCUT2D eigenvalue weighted by molar-refractivity contribution is 5.95. The number of hydrogen-bond donors (Lipinski definition) is 1. The average molecular weight is 297 g/mol. The number of halogens is 2. The van der Waals surface area contributed by atoms with Gasteiger partial charge in [0, 0.05) is 26.2 Å². The van der Waals surface area contributed by atoms with E-state index in [4.69, 9.17) is 5.73 Å². The van der Waals surface area contributed by atoms with Gasteiger partial charge in [0.25, 0.3) is 5.91 Å². The molecule has 21 heavy (non-hydrogen) atoms. The summed E-state index contributed by atoms with van der Waals surface area (Å²) in [6.07, 6.45) is 0. The average Bonchev–Trinajstić information content (AvgIpc) is 2.46. The first-order valence-corrected chi connectivity index (χ1v) is 6.69. The van der Waals surface area contributed by atoms with Gasteiger partial charge in [0.2, 0.25) is 5.91 Å². The molecular formula is C14H17F2N3O2. The zero-order chi connectivity index (χ0) is 15.6. The standard InChI is InChI=1S/C14H17F2N3O2/c1-9(17)13(20)18-5-7-19(8-6-18)14(21)12-10(15)3-2-4-11(12)16/h2-4,9H,5-8,17H2,1H3/t9-/m1/s1. The van der Waals surface area contributed by atoms with Crippen LogP contribution in [0.2, 0.25) is 0 Å². The first-order chi connectivity index (χ1) is 9.91. The number of hydrogen-bond acceptors (Lipinski definition) is 3. The fourth-order valence-corrected chi connectivity index (χ4v) is 2.28. The lowest BCUT2D eigenvalue weighted by atomic mass is 10.1. The van der Waals surface area contributed by atoms with Gasteiger partial charge in [0.1, 0.15) is 17.2 Å². The van der Waals surface area contributed by atoms with Crippen molar-refractivity contribution in [2.45, 2.75) is 13.0 Å². The van der Waals surface area contributed by atoms with Gasteiger partial charge >= 0.3 is 0 Å². The fourth-order valence-electron chi connectivity index (χ4n) is 2.28. The van der Waals surface area contributed by atoms with Crippen LogP contribution in [-0.4, -0.2) is 53.8 Å². The summed E-state index contributed by atoms with van der Waals surface area (Å²) in [6, 6.07) is 2.70. The van der Waals surface area contributed by atoms with Gasteiger partial charge in [-0.05, 0) is 19.1 Å². The smallest absolute Gasteiger partial charge is 0.259 e. The number of amides is 2. The number of carbonyl (C=O) groups excluding carboxylic acids is 2. The summed E-state index contributed by atoms with van der Waals surface area (Å²) in [7, 11) is 0. The Hall–Kier alpha value is -2.02. The summed E-state index contributed by atoms with van der Waals surface area (Å²) in [5, 5.41) is 0. The van der Waals surface area contributed by atoms with E-state index in [-0.39, 0.29) is 19.0 Å². The van der Waals surface area contributed by atoms with Crippen molar-refractivity contribution in [2.24, 2.45) is 5.73 Å². The van der Waals surface area contributed by atoms with E-state index in [0.717, 1.165) is 12.1 Å². The Morgan fingerprint density at radius 1 is 1.10 bits per heavy atom. The van der Waals surface area contributed by atoms with Crippen LogP contribution in [-0.2, 0) is 4.79 Å². The second-order valence-electron chi connectivity index (χ2n) is 5.00. The van der Waals surface area contributed by atoms with E-state index in [0.29, 0.717) is 13.1 Å². The van der Waals surface area contributed by atoms with Gasteiger partial charge < -0.3 is 15.5 Å². The molecule has 1 aromatic carbocycles. The first kappa shape index (κ1) is 15.4. The molecule has 7 heteroatoms. The van der Waals surface area contributed by atoms with E-state index in [1.54, 1.807) is 11.8 Å². The maximum atomic E-state index is 13.6. The minimum absolute atomic E-state index is 0.195. The summed E-state index contributed by atoms with van der Waals surface area (Å²) >= 11 is 0. The van der Waals surface area contributed by atoms with Crippen LogP contribution in [0, 0.1) is 11.6 Å². The maximum Gasteiger partial charge on any atom is 0.259 e. The molecule has 1 heterocycles. The zero-order valence-corrected chi connectivity index (χ0v) is 11.7. The number of carbonyl (C=O) groups is 2. The number of piperazine rings is 1. The summed E-state index contributed by atoms with van der Waals surface area (Å²) in [4.78, 5) is 26.8. The molecule has 1 fully saturated rings. The van der Waals surface area contributed by atoms with E-state index >= 15 is 0 Å². The zero-order valence-electron chi connectivity index (χ0n) is 11.7. The second-order valence-corrected chi connectivity index (χ2v) is 5.00. The number of rotatable bonds is 2. The lowest BCUT2D eigenvalue weighted by Gasteiger charge is -2.35. The van der Waals surface area contributed by atoms with Crippen molar-refractivity contribution in [1.29, 1.82) is 0 Å². The van der Waals surface area contributed by atoms with Crippen LogP contribution in [0.25, 0.3) is 0 Å². The Morgan fingerprint density at radius 3 is 2.05 bits per heavy atom. The summed E-state index contributed by atoms with van der Waals surface area (Å²) in [5.74, 6) is -2.65. The topological polar surface area (TPSA) is 66.6 Å². The van der Waals surface area contributed by atoms with Crippen molar-refractivity contribution in [3.05, 3.63) is 35.4 Å². The minimum atomic E-state index is -0.880. The van der Waals surface area contributed by atoms with Crippen molar-refractivity contribution in [2.75, 3.05) is 26.2 Å². The largest absolute Gasteiger partial charge is 0.338 e. The molecular weight excluding hydrogens is 280 g/mol. The molecule has 1 saturated heterocycles. The highest BCUT2D eigenvalue weighted by Gasteiger charge is 2.28. The quantitative estimate of drug-likeness (QED) is 0.869. The van der Waals surface area contributed by atoms with Crippen molar-refractivity contribution in [3.63, 3.8) is 0 Å². The highest BCUT2D eigenvalue weighted by Crippen LogP contribution is 2.16. The normalized spacial score (nSPS) is 16.8. The molecule has 0 bridgehead atoms. The molecule has 114 valence electrons. The van der Waals surface area contributed by atoms with E-state index < -0.39 is 29.1 Å². The van der Waals surface area contributed by atoms with Gasteiger partial charge in [-0.1, -0.05) is 6.07 Å². The predicted molar refractivity (Wildman–Crippen MR) is 72.5 cm³/mol. The molecule has 1 aliphatic rings. The molecule has 0 radical (unpaired) electrons. The minimum Gasteiger partial charge on any atom is -0.338 e. The molecule has 5 nitrogen and oxygen atoms in total. The van der Waals surface area contributed by atoms with Crippen molar-refractivity contribution < 1.29 is 18.4 Å². The molecule has 0 saturated carbocycles. The van der Waals surface area contributed by atoms with Gasteiger partial charge in [0.05, 0.1) is 6.04 Å². The van der Waals surface area contributed by atoms with Gasteiger partial charge in [0.15, 0.2) is 0 Å². The molecule has 0 aliphatic carbocycles. The van der Waals surface area contributed by atoms with Crippen molar-refractivity contribution in [1.82, 2.24) is 9.80 Å². The number of benzene rings is 1. The Bertz CT molecular complexity index is 535. The molecule has 0 unspecified atom stereocenters. The third-order valence-electron chi connectivity index (χ3n) is 3.44. The Labute approximate surface area is 121 Å². The predicted octanol–water partition coefficient (Wildman–Crippen LogP) is 0.596. The third kappa shape index (κ3) is 3.18. The van der Waals surface area contributed by atoms with Gasteiger partial charge in [-0.3, -0.25) is 9.59 Å². The summed E-state index contributed by atoms with van der Waals surface area (Å²) < 4.78 is 27.2. The lowest BCUT2D eigenvalue weighted by molar-refractivity contribution is -0.133. The highest BCUT2D eigenvalue weighted by atomic mass is 19.1. The molecule has 2 rings (SSSR count). The molecule has 2 N–H and O–H groups in total. The Kier molecular flexibility index (Phi) is 4.52. The number of nitrogens with zero attached hydrogens (tertiary/aromatic N) is 2. The van der Waals surface area contributed by atoms with Gasteiger partial charge in [-0.25, -0.2) is 8.78 Å². The first-order valence-electron chi connectivity index (χ1n) is 6.69. The van der Waals surface area contributed by atoms with Crippen molar-refractivity contribution >= 4 is 11.8 Å². The van der Waals surface area contributed by atoms with Gasteiger partial charge in [-0.2, -0.15) is 0 Å². The van der Waals surface area contributed by atoms with Crippen LogP contribution < -0.4 is 5.73 Å². The Balaban J connectivity index is 2.06. The molecule has 1 atom stereocenters. The third-order valence-corrected chi connectivity index (χ3v) is 3.44. The number of nitrogens with two attached hydrogens (primary N) is 1. The maximum absolute atomic E-state index is 13.6. The molecule has 2 amide bonds. The van der Waals surface area contributed by atoms with Crippen LogP contribution in [0.5, 0.6) is 0 Å². The molecule has 1 aromatic rings. The molecule has 0 aromatic heterocycles. The Morgan fingerprint density at radius 2 is 1.57 bits per heavy atom. The monoisotopic (exact) mass is 297 g/mol. The SMILES string of the molecule is C[C@@H](N)C(=O)N1CCN(C(=O)c2c(F)cccc2F)CC1. The fraction of sp³-hybridized carbons (Fsp3) is 0.429. The van der Waals surface area contributed by atoms with Crippen LogP contribution in [0.4, 0.5) is 8.78 Å². The van der Waals surface area contributed by atoms with Gasteiger partial charge in [-0.15, -0.1) is 0 Å². The van der Waals surface area contributed by atoms with Crippen LogP contribution in [0.1, 0.15) is 17.3 Å². The summed E-state index contributed by atoms with van der Waals surface area (Å²) in [6.45, 7) is 2.66. The van der Waals surface area contributed by atoms with E-state index in [1.807, 2.05) is 0 Å². The van der Waals surface area contributed by atoms with Crippen LogP contribution in [0.15, 0.2) is 18.2 Å². The van der Waals surface area contributed by atoms with Crippen LogP contribution >= 0.6 is 0 Å². The molecule has 1 aliphatic heterocycles. The second kappa shape index (κ2) is 6.17. The lowest BCUT2D eigenvalue weighted by Crippen LogP contribution is -2.53. The van der Waals surface area contributed by atoms with Crippen molar-refractivity contribution in [3.8, 4) is 0 Å². The summed E-state index contributed by atoms with van der Waals surface area (Å²) in [5.41, 5.74) is 4.97. The van der Waals surface area contributed by atoms with E-state index in [2.05, 4.69) is 0 Å². The molecule has 0 spiro atoms.